The molecule has 1 saturated carbocycles. The van der Waals surface area contributed by atoms with Gasteiger partial charge in [0.05, 0.1) is 5.92 Å². The van der Waals surface area contributed by atoms with E-state index in [4.69, 9.17) is 0 Å². The number of piperidine rings is 1. The van der Waals surface area contributed by atoms with E-state index in [0.29, 0.717) is 19.0 Å². The zero-order valence-corrected chi connectivity index (χ0v) is 16.5. The van der Waals surface area contributed by atoms with E-state index in [2.05, 4.69) is 18.3 Å². The molecule has 5 heteroatoms. The van der Waals surface area contributed by atoms with Gasteiger partial charge < -0.3 is 15.1 Å². The van der Waals surface area contributed by atoms with Gasteiger partial charge in [-0.3, -0.25) is 9.59 Å². The molecule has 2 saturated heterocycles. The van der Waals surface area contributed by atoms with E-state index in [1.165, 1.54) is 18.4 Å². The lowest BCUT2D eigenvalue weighted by atomic mass is 10.0. The third-order valence-electron chi connectivity index (χ3n) is 6.54. The van der Waals surface area contributed by atoms with Crippen molar-refractivity contribution in [1.82, 2.24) is 10.2 Å². The Balaban J connectivity index is 1.33. The van der Waals surface area contributed by atoms with Gasteiger partial charge in [-0.05, 0) is 69.2 Å². The lowest BCUT2D eigenvalue weighted by Gasteiger charge is -2.34. The zero-order chi connectivity index (χ0) is 19.0. The molecule has 3 aliphatic rings. The number of hydrogen-bond acceptors (Lipinski definition) is 3. The molecule has 2 aliphatic heterocycles. The molecule has 0 aromatic heterocycles. The van der Waals surface area contributed by atoms with Crippen molar-refractivity contribution >= 4 is 17.5 Å². The van der Waals surface area contributed by atoms with Crippen LogP contribution in [0, 0.1) is 25.7 Å². The summed E-state index contributed by atoms with van der Waals surface area (Å²) in [5.41, 5.74) is 3.26. The first-order chi connectivity index (χ1) is 13.0. The number of carbonyl (C=O) groups is 2. The predicted octanol–water partition coefficient (Wildman–Crippen LogP) is 2.65. The normalized spacial score (nSPS) is 23.9. The monoisotopic (exact) mass is 369 g/mol. The summed E-state index contributed by atoms with van der Waals surface area (Å²) < 4.78 is 0. The highest BCUT2D eigenvalue weighted by molar-refractivity contribution is 6.00. The summed E-state index contributed by atoms with van der Waals surface area (Å²) in [5.74, 6) is 0.929. The molecule has 1 aliphatic carbocycles. The van der Waals surface area contributed by atoms with Gasteiger partial charge in [-0.15, -0.1) is 0 Å². The Kier molecular flexibility index (Phi) is 5.22. The number of nitrogens with one attached hydrogen (secondary N) is 1. The number of rotatable bonds is 5. The van der Waals surface area contributed by atoms with Gasteiger partial charge in [0.15, 0.2) is 0 Å². The quantitative estimate of drug-likeness (QED) is 0.868. The molecule has 4 rings (SSSR count). The molecule has 1 N–H and O–H groups in total. The second-order valence-corrected chi connectivity index (χ2v) is 8.58. The van der Waals surface area contributed by atoms with Gasteiger partial charge in [0.25, 0.3) is 0 Å². The van der Waals surface area contributed by atoms with Crippen molar-refractivity contribution in [2.75, 3.05) is 31.1 Å². The fourth-order valence-electron chi connectivity index (χ4n) is 4.35. The molecule has 1 atom stereocenters. The second-order valence-electron chi connectivity index (χ2n) is 8.58. The first kappa shape index (κ1) is 18.5. The summed E-state index contributed by atoms with van der Waals surface area (Å²) in [6, 6.07) is 6.58. The van der Waals surface area contributed by atoms with Gasteiger partial charge in [-0.1, -0.05) is 12.1 Å². The van der Waals surface area contributed by atoms with Gasteiger partial charge in [0, 0.05) is 37.8 Å². The molecule has 2 amide bonds. The molecule has 3 fully saturated rings. The number of nitrogens with zero attached hydrogens (tertiary/aromatic N) is 2. The summed E-state index contributed by atoms with van der Waals surface area (Å²) >= 11 is 0. The fourth-order valence-corrected chi connectivity index (χ4v) is 4.35. The van der Waals surface area contributed by atoms with E-state index in [1.807, 2.05) is 28.9 Å². The summed E-state index contributed by atoms with van der Waals surface area (Å²) in [6.45, 7) is 7.39. The number of likely N-dealkylation sites (tertiary alicyclic amines) is 1. The topological polar surface area (TPSA) is 52.7 Å². The molecule has 0 radical (unpaired) electrons. The Labute approximate surface area is 162 Å². The molecule has 1 aromatic carbocycles. The summed E-state index contributed by atoms with van der Waals surface area (Å²) in [4.78, 5) is 29.4. The van der Waals surface area contributed by atoms with E-state index < -0.39 is 0 Å². The molecule has 27 heavy (non-hydrogen) atoms. The first-order valence-corrected chi connectivity index (χ1v) is 10.4. The van der Waals surface area contributed by atoms with Crippen molar-refractivity contribution in [1.29, 1.82) is 0 Å². The molecule has 1 unspecified atom stereocenters. The van der Waals surface area contributed by atoms with Gasteiger partial charge in [-0.2, -0.15) is 0 Å². The Hall–Kier alpha value is -1.88. The smallest absolute Gasteiger partial charge is 0.228 e. The number of hydrogen-bond donors (Lipinski definition) is 1. The number of benzene rings is 1. The largest absolute Gasteiger partial charge is 0.342 e. The van der Waals surface area contributed by atoms with Crippen LogP contribution in [0.3, 0.4) is 0 Å². The molecule has 0 spiro atoms. The average molecular weight is 370 g/mol. The van der Waals surface area contributed by atoms with Crippen LogP contribution in [-0.2, 0) is 9.59 Å². The standard InChI is InChI=1S/C22H31N3O2/c1-15-4-3-5-20(16(15)2)25-14-18(12-21(25)26)22(27)24-10-8-19(9-11-24)23-13-17-6-7-17/h3-5,17-19,23H,6-14H2,1-2H3. The SMILES string of the molecule is Cc1cccc(N2CC(C(=O)N3CCC(NCC4CC4)CC3)CC2=O)c1C. The van der Waals surface area contributed by atoms with Gasteiger partial charge in [0.1, 0.15) is 0 Å². The molecule has 146 valence electrons. The second kappa shape index (κ2) is 7.63. The van der Waals surface area contributed by atoms with Crippen molar-refractivity contribution < 1.29 is 9.59 Å². The van der Waals surface area contributed by atoms with E-state index in [-0.39, 0.29) is 17.7 Å². The van der Waals surface area contributed by atoms with Gasteiger partial charge >= 0.3 is 0 Å². The summed E-state index contributed by atoms with van der Waals surface area (Å²) in [7, 11) is 0. The van der Waals surface area contributed by atoms with Crippen LogP contribution < -0.4 is 10.2 Å². The highest BCUT2D eigenvalue weighted by Gasteiger charge is 2.38. The molecule has 0 bridgehead atoms. The van der Waals surface area contributed by atoms with Gasteiger partial charge in [-0.25, -0.2) is 0 Å². The number of amides is 2. The van der Waals surface area contributed by atoms with Crippen LogP contribution >= 0.6 is 0 Å². The van der Waals surface area contributed by atoms with Crippen molar-refractivity contribution in [3.63, 3.8) is 0 Å². The Morgan fingerprint density at radius 3 is 2.59 bits per heavy atom. The van der Waals surface area contributed by atoms with Crippen LogP contribution in [-0.4, -0.2) is 48.9 Å². The number of carbonyl (C=O) groups excluding carboxylic acids is 2. The fraction of sp³-hybridized carbons (Fsp3) is 0.636. The molecular formula is C22H31N3O2. The van der Waals surface area contributed by atoms with Crippen LogP contribution in [0.5, 0.6) is 0 Å². The maximum absolute atomic E-state index is 13.0. The number of aryl methyl sites for hydroxylation is 1. The number of anilines is 1. The van der Waals surface area contributed by atoms with Gasteiger partial charge in [0.2, 0.25) is 11.8 Å². The maximum Gasteiger partial charge on any atom is 0.228 e. The van der Waals surface area contributed by atoms with Crippen molar-refractivity contribution in [3.05, 3.63) is 29.3 Å². The first-order valence-electron chi connectivity index (χ1n) is 10.4. The van der Waals surface area contributed by atoms with E-state index in [0.717, 1.165) is 49.6 Å². The minimum absolute atomic E-state index is 0.0723. The van der Waals surface area contributed by atoms with Crippen molar-refractivity contribution in [2.45, 2.75) is 52.0 Å². The molecule has 2 heterocycles. The van der Waals surface area contributed by atoms with Crippen molar-refractivity contribution in [2.24, 2.45) is 11.8 Å². The van der Waals surface area contributed by atoms with Crippen molar-refractivity contribution in [3.8, 4) is 0 Å². The van der Waals surface area contributed by atoms with E-state index in [1.54, 1.807) is 0 Å². The Morgan fingerprint density at radius 2 is 1.89 bits per heavy atom. The van der Waals surface area contributed by atoms with Crippen LogP contribution in [0.25, 0.3) is 0 Å². The molecule has 1 aromatic rings. The molecule has 5 nitrogen and oxygen atoms in total. The van der Waals surface area contributed by atoms with Crippen LogP contribution in [0.1, 0.15) is 43.2 Å². The van der Waals surface area contributed by atoms with E-state index in [9.17, 15) is 9.59 Å². The highest BCUT2D eigenvalue weighted by atomic mass is 16.2. The molecular weight excluding hydrogens is 338 g/mol. The summed E-state index contributed by atoms with van der Waals surface area (Å²) in [5, 5.41) is 3.66. The third-order valence-corrected chi connectivity index (χ3v) is 6.54. The zero-order valence-electron chi connectivity index (χ0n) is 16.5. The average Bonchev–Trinajstić information content (AvgIpc) is 3.43. The van der Waals surface area contributed by atoms with E-state index >= 15 is 0 Å². The van der Waals surface area contributed by atoms with Crippen LogP contribution in [0.15, 0.2) is 18.2 Å². The summed E-state index contributed by atoms with van der Waals surface area (Å²) in [6.07, 6.45) is 5.14. The minimum Gasteiger partial charge on any atom is -0.342 e. The maximum atomic E-state index is 13.0. The Morgan fingerprint density at radius 1 is 1.15 bits per heavy atom. The predicted molar refractivity (Wildman–Crippen MR) is 107 cm³/mol. The highest BCUT2D eigenvalue weighted by Crippen LogP contribution is 2.31. The lowest BCUT2D eigenvalue weighted by Crippen LogP contribution is -2.47. The minimum atomic E-state index is -0.201. The van der Waals surface area contributed by atoms with Crippen LogP contribution in [0.4, 0.5) is 5.69 Å². The van der Waals surface area contributed by atoms with Crippen LogP contribution in [0.2, 0.25) is 0 Å². The Bertz CT molecular complexity index is 720. The lowest BCUT2D eigenvalue weighted by molar-refractivity contribution is -0.136. The third kappa shape index (κ3) is 4.03.